The molecule has 2 aromatic rings. The number of nitrogens with zero attached hydrogens (tertiary/aromatic N) is 4. The normalized spacial score (nSPS) is 22.0. The summed E-state index contributed by atoms with van der Waals surface area (Å²) < 4.78 is 15.3. The Morgan fingerprint density at radius 1 is 1.55 bits per heavy atom. The molecule has 118 valence electrons. The van der Waals surface area contributed by atoms with Crippen molar-refractivity contribution in [3.05, 3.63) is 22.7 Å². The van der Waals surface area contributed by atoms with Gasteiger partial charge in [-0.3, -0.25) is 0 Å². The molecule has 1 amide bonds. The van der Waals surface area contributed by atoms with Gasteiger partial charge in [0.2, 0.25) is 5.95 Å². The van der Waals surface area contributed by atoms with Crippen molar-refractivity contribution in [1.29, 1.82) is 0 Å². The Bertz CT molecular complexity index is 724. The molecule has 3 heterocycles. The van der Waals surface area contributed by atoms with Crippen molar-refractivity contribution in [2.75, 3.05) is 18.4 Å². The Hall–Kier alpha value is -1.94. The van der Waals surface area contributed by atoms with E-state index in [1.807, 2.05) is 0 Å². The molecule has 10 heteroatoms. The molecule has 0 aliphatic carbocycles. The van der Waals surface area contributed by atoms with Gasteiger partial charge in [-0.15, -0.1) is 5.10 Å². The van der Waals surface area contributed by atoms with Gasteiger partial charge in [-0.25, -0.2) is 18.7 Å². The van der Waals surface area contributed by atoms with Crippen molar-refractivity contribution < 1.29 is 19.4 Å². The summed E-state index contributed by atoms with van der Waals surface area (Å²) >= 11 is 3.20. The van der Waals surface area contributed by atoms with Gasteiger partial charge in [0.15, 0.2) is 5.82 Å². The van der Waals surface area contributed by atoms with E-state index in [9.17, 15) is 14.3 Å². The largest absolute Gasteiger partial charge is 0.465 e. The maximum absolute atomic E-state index is 13.5. The number of likely N-dealkylation sites (tertiary alicyclic amines) is 1. The summed E-state index contributed by atoms with van der Waals surface area (Å²) in [7, 11) is 0. The second kappa shape index (κ2) is 5.69. The number of aliphatic hydroxyl groups is 1. The smallest absolute Gasteiger partial charge is 0.407 e. The molecule has 0 spiro atoms. The number of piperidine rings is 1. The third-order valence-corrected chi connectivity index (χ3v) is 4.16. The maximum Gasteiger partial charge on any atom is 0.407 e. The van der Waals surface area contributed by atoms with Crippen molar-refractivity contribution in [2.24, 2.45) is 0 Å². The first-order valence-electron chi connectivity index (χ1n) is 6.58. The summed E-state index contributed by atoms with van der Waals surface area (Å²) in [4.78, 5) is 16.1. The number of fused-ring (bicyclic) bond motifs is 1. The fourth-order valence-electron chi connectivity index (χ4n) is 2.42. The number of rotatable bonds is 2. The third kappa shape index (κ3) is 2.71. The van der Waals surface area contributed by atoms with Gasteiger partial charge < -0.3 is 20.4 Å². The molecule has 2 atom stereocenters. The van der Waals surface area contributed by atoms with Gasteiger partial charge in [-0.2, -0.15) is 0 Å². The molecule has 3 N–H and O–H groups in total. The van der Waals surface area contributed by atoms with E-state index in [0.717, 1.165) is 4.90 Å². The maximum atomic E-state index is 13.5. The summed E-state index contributed by atoms with van der Waals surface area (Å²) in [5, 5.41) is 26.0. The van der Waals surface area contributed by atoms with Gasteiger partial charge in [0.25, 0.3) is 0 Å². The number of aliphatic hydroxyl groups excluding tert-OH is 1. The van der Waals surface area contributed by atoms with Gasteiger partial charge in [-0.05, 0) is 22.4 Å². The molecule has 0 radical (unpaired) electrons. The first-order valence-corrected chi connectivity index (χ1v) is 7.37. The van der Waals surface area contributed by atoms with Crippen LogP contribution in [0.4, 0.5) is 15.1 Å². The van der Waals surface area contributed by atoms with Gasteiger partial charge >= 0.3 is 6.09 Å². The molecule has 22 heavy (non-hydrogen) atoms. The van der Waals surface area contributed by atoms with Crippen LogP contribution in [0, 0.1) is 5.82 Å². The lowest BCUT2D eigenvalue weighted by Gasteiger charge is -2.34. The second-order valence-electron chi connectivity index (χ2n) is 5.03. The van der Waals surface area contributed by atoms with Gasteiger partial charge in [-0.1, -0.05) is 0 Å². The van der Waals surface area contributed by atoms with Crippen LogP contribution in [0.1, 0.15) is 6.42 Å². The zero-order chi connectivity index (χ0) is 15.9. The van der Waals surface area contributed by atoms with Crippen LogP contribution in [0.25, 0.3) is 5.52 Å². The van der Waals surface area contributed by atoms with Crippen LogP contribution in [0.5, 0.6) is 0 Å². The lowest BCUT2D eigenvalue weighted by Crippen LogP contribution is -2.51. The van der Waals surface area contributed by atoms with Crippen molar-refractivity contribution in [3.8, 4) is 0 Å². The number of halogens is 2. The molecule has 1 aliphatic rings. The molecule has 8 nitrogen and oxygen atoms in total. The van der Waals surface area contributed by atoms with Crippen LogP contribution in [0.3, 0.4) is 0 Å². The van der Waals surface area contributed by atoms with Crippen molar-refractivity contribution >= 4 is 33.5 Å². The molecule has 1 aliphatic heterocycles. The molecular formula is C12H13BrFN5O3. The molecule has 3 rings (SSSR count). The monoisotopic (exact) mass is 373 g/mol. The van der Waals surface area contributed by atoms with Crippen LogP contribution in [-0.4, -0.2) is 61.0 Å². The average molecular weight is 374 g/mol. The Balaban J connectivity index is 1.76. The number of nitrogens with one attached hydrogen (secondary N) is 1. The SMILES string of the molecule is O=C(O)N1CC[C@@H](Nc2ncc3c(F)cc(Br)n3n2)[C@H](O)C1. The Morgan fingerprint density at radius 2 is 2.32 bits per heavy atom. The van der Waals surface area contributed by atoms with Crippen molar-refractivity contribution in [3.63, 3.8) is 0 Å². The van der Waals surface area contributed by atoms with Gasteiger partial charge in [0.05, 0.1) is 24.9 Å². The van der Waals surface area contributed by atoms with Crippen LogP contribution >= 0.6 is 15.9 Å². The molecule has 2 aromatic heterocycles. The Morgan fingerprint density at radius 3 is 3.00 bits per heavy atom. The van der Waals surface area contributed by atoms with Crippen LogP contribution in [0.2, 0.25) is 0 Å². The van der Waals surface area contributed by atoms with Gasteiger partial charge in [0, 0.05) is 12.6 Å². The van der Waals surface area contributed by atoms with E-state index in [1.54, 1.807) is 0 Å². The first kappa shape index (κ1) is 15.0. The molecule has 0 saturated carbocycles. The van der Waals surface area contributed by atoms with Crippen molar-refractivity contribution in [1.82, 2.24) is 19.5 Å². The summed E-state index contributed by atoms with van der Waals surface area (Å²) in [5.74, 6) is -0.204. The summed E-state index contributed by atoms with van der Waals surface area (Å²) in [6, 6.07) is 0.917. The standard InChI is InChI=1S/C12H13BrFN5O3/c13-10-3-6(14)8-4-15-11(17-19(8)10)16-7-1-2-18(12(21)22)5-9(7)20/h3-4,7,9,20H,1-2,5H2,(H,16,17)(H,21,22)/t7-,9-/m1/s1. The van der Waals surface area contributed by atoms with Crippen LogP contribution in [-0.2, 0) is 0 Å². The predicted octanol–water partition coefficient (Wildman–Crippen LogP) is 1.16. The number of hydrogen-bond donors (Lipinski definition) is 3. The van der Waals surface area contributed by atoms with E-state index in [0.29, 0.717) is 17.6 Å². The second-order valence-corrected chi connectivity index (χ2v) is 5.84. The minimum absolute atomic E-state index is 0.0249. The number of hydrogen-bond acceptors (Lipinski definition) is 5. The van der Waals surface area contributed by atoms with E-state index in [1.165, 1.54) is 16.8 Å². The molecule has 1 saturated heterocycles. The van der Waals surface area contributed by atoms with Gasteiger partial charge in [0.1, 0.15) is 10.1 Å². The highest BCUT2D eigenvalue weighted by molar-refractivity contribution is 9.10. The van der Waals surface area contributed by atoms with E-state index in [-0.39, 0.29) is 24.1 Å². The van der Waals surface area contributed by atoms with E-state index in [4.69, 9.17) is 5.11 Å². The number of anilines is 1. The highest BCUT2D eigenvalue weighted by Gasteiger charge is 2.30. The van der Waals surface area contributed by atoms with E-state index >= 15 is 0 Å². The average Bonchev–Trinajstić information content (AvgIpc) is 2.76. The summed E-state index contributed by atoms with van der Waals surface area (Å²) in [5.41, 5.74) is 0.235. The zero-order valence-corrected chi connectivity index (χ0v) is 12.9. The van der Waals surface area contributed by atoms with Crippen LogP contribution < -0.4 is 5.32 Å². The predicted molar refractivity (Wildman–Crippen MR) is 78.3 cm³/mol. The Labute approximate surface area is 132 Å². The summed E-state index contributed by atoms with van der Waals surface area (Å²) in [6.07, 6.45) is -0.152. The number of amides is 1. The third-order valence-electron chi connectivity index (χ3n) is 3.59. The minimum Gasteiger partial charge on any atom is -0.465 e. The highest BCUT2D eigenvalue weighted by atomic mass is 79.9. The number of carbonyl (C=O) groups is 1. The lowest BCUT2D eigenvalue weighted by atomic mass is 10.0. The molecule has 0 aromatic carbocycles. The molecule has 1 fully saturated rings. The van der Waals surface area contributed by atoms with Crippen molar-refractivity contribution in [2.45, 2.75) is 18.6 Å². The minimum atomic E-state index is -1.05. The van der Waals surface area contributed by atoms with Crippen LogP contribution in [0.15, 0.2) is 16.9 Å². The highest BCUT2D eigenvalue weighted by Crippen LogP contribution is 2.20. The number of β-amino-alcohol motifs (C(OH)–C–C–N with tert-alkyl or cyclic N) is 1. The zero-order valence-electron chi connectivity index (χ0n) is 11.3. The Kier molecular flexibility index (Phi) is 3.87. The molecule has 0 unspecified atom stereocenters. The summed E-state index contributed by atoms with van der Waals surface area (Å²) in [6.45, 7) is 0.339. The number of carboxylic acid groups (broad SMARTS) is 1. The fourth-order valence-corrected chi connectivity index (χ4v) is 2.89. The van der Waals surface area contributed by atoms with E-state index < -0.39 is 18.0 Å². The molecule has 0 bridgehead atoms. The topological polar surface area (TPSA) is 103 Å². The first-order chi connectivity index (χ1) is 10.5. The lowest BCUT2D eigenvalue weighted by molar-refractivity contribution is 0.0573. The molecular weight excluding hydrogens is 361 g/mol. The fraction of sp³-hybridized carbons (Fsp3) is 0.417. The van der Waals surface area contributed by atoms with E-state index in [2.05, 4.69) is 31.3 Å². The number of aromatic nitrogens is 3. The quantitative estimate of drug-likeness (QED) is 0.729.